The minimum Gasteiger partial charge on any atom is -0.457 e. The van der Waals surface area contributed by atoms with Crippen molar-refractivity contribution in [1.29, 1.82) is 0 Å². The Morgan fingerprint density at radius 2 is 0.738 bits per heavy atom. The van der Waals surface area contributed by atoms with E-state index in [2.05, 4.69) is 62.5 Å². The van der Waals surface area contributed by atoms with Crippen molar-refractivity contribution in [2.75, 3.05) is 19.8 Å². The van der Waals surface area contributed by atoms with Gasteiger partial charge >= 0.3 is 5.97 Å². The lowest BCUT2D eigenvalue weighted by Gasteiger charge is -2.16. The van der Waals surface area contributed by atoms with E-state index in [1.165, 1.54) is 218 Å². The van der Waals surface area contributed by atoms with Crippen LogP contribution in [0.5, 0.6) is 0 Å². The molecule has 0 heterocycles. The Labute approximate surface area is 382 Å². The highest BCUT2D eigenvalue weighted by Gasteiger charge is 2.13. The molecule has 0 aliphatic carbocycles. The van der Waals surface area contributed by atoms with E-state index in [-0.39, 0.29) is 12.6 Å². The summed E-state index contributed by atoms with van der Waals surface area (Å²) in [5.74, 6) is -0.198. The Hall–Kier alpha value is -1.65. The van der Waals surface area contributed by atoms with Crippen molar-refractivity contribution < 1.29 is 19.4 Å². The molecule has 0 radical (unpaired) electrons. The summed E-state index contributed by atoms with van der Waals surface area (Å²) in [5.41, 5.74) is 0. The molecule has 0 aliphatic heterocycles. The van der Waals surface area contributed by atoms with Crippen molar-refractivity contribution in [3.05, 3.63) is 48.6 Å². The summed E-state index contributed by atoms with van der Waals surface area (Å²) in [6.07, 6.45) is 72.2. The van der Waals surface area contributed by atoms with Crippen LogP contribution in [0.4, 0.5) is 0 Å². The van der Waals surface area contributed by atoms with Gasteiger partial charge in [0.1, 0.15) is 6.10 Å². The van der Waals surface area contributed by atoms with E-state index >= 15 is 0 Å². The Bertz CT molecular complexity index is 951. The van der Waals surface area contributed by atoms with Gasteiger partial charge in [-0.1, -0.05) is 274 Å². The number of unbranched alkanes of at least 4 members (excludes halogenated alkanes) is 35. The first-order valence-electron chi connectivity index (χ1n) is 27.2. The summed E-state index contributed by atoms with van der Waals surface area (Å²) < 4.78 is 11.2. The second-order valence-electron chi connectivity index (χ2n) is 18.3. The lowest BCUT2D eigenvalue weighted by Crippen LogP contribution is -2.27. The summed E-state index contributed by atoms with van der Waals surface area (Å²) in [7, 11) is 0. The van der Waals surface area contributed by atoms with Gasteiger partial charge in [-0.2, -0.15) is 0 Å². The zero-order valence-corrected chi connectivity index (χ0v) is 41.2. The molecule has 0 spiro atoms. The molecule has 0 fully saturated rings. The van der Waals surface area contributed by atoms with Gasteiger partial charge in [-0.3, -0.25) is 4.79 Å². The highest BCUT2D eigenvalue weighted by molar-refractivity contribution is 5.69. The Kier molecular flexibility index (Phi) is 53.0. The van der Waals surface area contributed by atoms with Gasteiger partial charge in [0.15, 0.2) is 0 Å². The summed E-state index contributed by atoms with van der Waals surface area (Å²) in [6.45, 7) is 5.28. The topological polar surface area (TPSA) is 55.8 Å². The molecule has 0 aromatic carbocycles. The van der Waals surface area contributed by atoms with Crippen molar-refractivity contribution in [1.82, 2.24) is 0 Å². The maximum Gasteiger partial charge on any atom is 0.306 e. The van der Waals surface area contributed by atoms with Gasteiger partial charge < -0.3 is 14.6 Å². The van der Waals surface area contributed by atoms with Gasteiger partial charge in [0.25, 0.3) is 0 Å². The minimum absolute atomic E-state index is 0.169. The van der Waals surface area contributed by atoms with Crippen molar-refractivity contribution >= 4 is 5.97 Å². The van der Waals surface area contributed by atoms with Crippen LogP contribution in [0.15, 0.2) is 48.6 Å². The van der Waals surface area contributed by atoms with Gasteiger partial charge in [0.2, 0.25) is 0 Å². The SMILES string of the molecule is CC/C=C\C/C=C\C/C=C\C/C=C\CCCCCCCCCCCCCCC(=O)OC(CO)COCCCCCCCCCCCCCCCCCCCCCCCCCC. The quantitative estimate of drug-likeness (QED) is 0.0376. The number of ether oxygens (including phenoxy) is 2. The van der Waals surface area contributed by atoms with Crippen LogP contribution in [0.25, 0.3) is 0 Å². The molecule has 1 atom stereocenters. The number of aliphatic hydroxyl groups is 1. The van der Waals surface area contributed by atoms with Crippen LogP contribution in [-0.4, -0.2) is 37.0 Å². The van der Waals surface area contributed by atoms with E-state index in [0.29, 0.717) is 19.6 Å². The average molecular weight is 855 g/mol. The molecule has 4 nitrogen and oxygen atoms in total. The van der Waals surface area contributed by atoms with Crippen molar-refractivity contribution in [3.8, 4) is 0 Å². The molecule has 1 N–H and O–H groups in total. The second-order valence-corrected chi connectivity index (χ2v) is 18.3. The number of hydrogen-bond acceptors (Lipinski definition) is 4. The molecule has 61 heavy (non-hydrogen) atoms. The number of rotatable bonds is 51. The molecule has 358 valence electrons. The Balaban J connectivity index is 3.37. The number of hydrogen-bond donors (Lipinski definition) is 1. The van der Waals surface area contributed by atoms with Crippen LogP contribution in [0.2, 0.25) is 0 Å². The lowest BCUT2D eigenvalue weighted by molar-refractivity contribution is -0.154. The van der Waals surface area contributed by atoms with Gasteiger partial charge in [0.05, 0.1) is 13.2 Å². The van der Waals surface area contributed by atoms with E-state index < -0.39 is 6.10 Å². The zero-order chi connectivity index (χ0) is 44.0. The van der Waals surface area contributed by atoms with Crippen LogP contribution in [0.1, 0.15) is 284 Å². The maximum absolute atomic E-state index is 12.3. The first kappa shape index (κ1) is 59.4. The second kappa shape index (κ2) is 54.5. The third-order valence-corrected chi connectivity index (χ3v) is 12.2. The largest absolute Gasteiger partial charge is 0.457 e. The average Bonchev–Trinajstić information content (AvgIpc) is 3.27. The van der Waals surface area contributed by atoms with Gasteiger partial charge in [0, 0.05) is 13.0 Å². The molecule has 0 aromatic heterocycles. The fourth-order valence-electron chi connectivity index (χ4n) is 8.15. The summed E-state index contributed by atoms with van der Waals surface area (Å²) >= 11 is 0. The minimum atomic E-state index is -0.535. The van der Waals surface area contributed by atoms with Gasteiger partial charge in [-0.15, -0.1) is 0 Å². The molecule has 0 bridgehead atoms. The summed E-state index contributed by atoms with van der Waals surface area (Å²) in [6, 6.07) is 0. The third kappa shape index (κ3) is 52.6. The predicted molar refractivity (Wildman–Crippen MR) is 270 cm³/mol. The van der Waals surface area contributed by atoms with Crippen molar-refractivity contribution in [2.24, 2.45) is 0 Å². The Morgan fingerprint density at radius 3 is 1.11 bits per heavy atom. The van der Waals surface area contributed by atoms with E-state index in [1.54, 1.807) is 0 Å². The fraction of sp³-hybridized carbons (Fsp3) is 0.842. The zero-order valence-electron chi connectivity index (χ0n) is 41.2. The van der Waals surface area contributed by atoms with E-state index in [9.17, 15) is 9.90 Å². The number of carbonyl (C=O) groups excluding carboxylic acids is 1. The van der Waals surface area contributed by atoms with Crippen LogP contribution in [0.3, 0.4) is 0 Å². The molecular formula is C57H106O4. The van der Waals surface area contributed by atoms with Crippen LogP contribution in [0, 0.1) is 0 Å². The monoisotopic (exact) mass is 855 g/mol. The molecule has 0 aliphatic rings. The predicted octanol–water partition coefficient (Wildman–Crippen LogP) is 18.6. The highest BCUT2D eigenvalue weighted by Crippen LogP contribution is 2.17. The van der Waals surface area contributed by atoms with Crippen LogP contribution < -0.4 is 0 Å². The van der Waals surface area contributed by atoms with E-state index in [4.69, 9.17) is 9.47 Å². The van der Waals surface area contributed by atoms with Crippen molar-refractivity contribution in [3.63, 3.8) is 0 Å². The first-order chi connectivity index (χ1) is 30.2. The number of aliphatic hydroxyl groups excluding tert-OH is 1. The van der Waals surface area contributed by atoms with Crippen LogP contribution >= 0.6 is 0 Å². The lowest BCUT2D eigenvalue weighted by atomic mass is 10.0. The normalized spacial score (nSPS) is 12.6. The number of esters is 1. The molecule has 0 amide bonds. The van der Waals surface area contributed by atoms with E-state index in [1.807, 2.05) is 0 Å². The summed E-state index contributed by atoms with van der Waals surface area (Å²) in [4.78, 5) is 12.3. The van der Waals surface area contributed by atoms with E-state index in [0.717, 1.165) is 44.9 Å². The first-order valence-corrected chi connectivity index (χ1v) is 27.2. The number of allylic oxidation sites excluding steroid dienone is 8. The Morgan fingerprint density at radius 1 is 0.410 bits per heavy atom. The molecule has 4 heteroatoms. The molecular weight excluding hydrogens is 749 g/mol. The molecule has 0 aromatic rings. The maximum atomic E-state index is 12.3. The molecule has 0 saturated heterocycles. The standard InChI is InChI=1S/C57H106O4/c1-3-5-7-9-11-13-15-17-19-21-23-25-27-29-30-32-34-36-38-40-42-44-46-48-50-52-57(59)61-56(54-58)55-60-53-51-49-47-45-43-41-39-37-35-33-31-28-26-24-22-20-18-16-14-12-10-8-6-4-2/h5,7,11,13,17,19,23,25,56,58H,3-4,6,8-10,12,14-16,18,20-22,24,26-55H2,1-2H3/b7-5-,13-11-,19-17-,25-23-. The highest BCUT2D eigenvalue weighted by atomic mass is 16.6. The molecule has 0 rings (SSSR count). The van der Waals surface area contributed by atoms with Gasteiger partial charge in [-0.25, -0.2) is 0 Å². The molecule has 0 saturated carbocycles. The van der Waals surface area contributed by atoms with Gasteiger partial charge in [-0.05, 0) is 51.4 Å². The third-order valence-electron chi connectivity index (χ3n) is 12.2. The summed E-state index contributed by atoms with van der Waals surface area (Å²) in [5, 5.41) is 9.67. The number of carbonyl (C=O) groups is 1. The van der Waals surface area contributed by atoms with Crippen molar-refractivity contribution in [2.45, 2.75) is 290 Å². The fourth-order valence-corrected chi connectivity index (χ4v) is 8.15. The van der Waals surface area contributed by atoms with Crippen LogP contribution in [-0.2, 0) is 14.3 Å². The smallest absolute Gasteiger partial charge is 0.306 e. The molecule has 1 unspecified atom stereocenters.